The largest absolute Gasteiger partial charge is 0.320 e. The van der Waals surface area contributed by atoms with Gasteiger partial charge >= 0.3 is 0 Å². The zero-order valence-electron chi connectivity index (χ0n) is 15.5. The van der Waals surface area contributed by atoms with Crippen molar-refractivity contribution in [3.63, 3.8) is 0 Å². The highest BCUT2D eigenvalue weighted by Crippen LogP contribution is 2.37. The van der Waals surface area contributed by atoms with Gasteiger partial charge in [-0.3, -0.25) is 9.69 Å². The average Bonchev–Trinajstić information content (AvgIpc) is 2.79. The Labute approximate surface area is 156 Å². The molecular formula is C20H31N3OS. The van der Waals surface area contributed by atoms with Gasteiger partial charge < -0.3 is 10.2 Å². The quantitative estimate of drug-likeness (QED) is 0.873. The number of nitrogens with zero attached hydrogens (tertiary/aromatic N) is 2. The number of hydrogen-bond acceptors (Lipinski definition) is 4. The molecule has 0 radical (unpaired) electrons. The number of fused-ring (bicyclic) bond motifs is 1. The monoisotopic (exact) mass is 361 g/mol. The van der Waals surface area contributed by atoms with Gasteiger partial charge in [0.15, 0.2) is 0 Å². The van der Waals surface area contributed by atoms with Gasteiger partial charge in [0, 0.05) is 16.7 Å². The number of carbonyl (C=O) groups is 1. The molecule has 0 aliphatic carbocycles. The number of piperidine rings is 1. The number of thioether (sulfide) groups is 1. The third-order valence-electron chi connectivity index (χ3n) is 5.41. The van der Waals surface area contributed by atoms with Gasteiger partial charge in [-0.05, 0) is 70.4 Å². The molecule has 0 aromatic heterocycles. The molecule has 2 aliphatic heterocycles. The molecule has 1 atom stereocenters. The highest BCUT2D eigenvalue weighted by molar-refractivity contribution is 8.00. The van der Waals surface area contributed by atoms with Crippen LogP contribution in [0.3, 0.4) is 0 Å². The molecular weight excluding hydrogens is 330 g/mol. The molecule has 0 bridgehead atoms. The fourth-order valence-electron chi connectivity index (χ4n) is 3.80. The van der Waals surface area contributed by atoms with E-state index in [1.54, 1.807) is 0 Å². The van der Waals surface area contributed by atoms with Crippen LogP contribution in [0.2, 0.25) is 0 Å². The molecule has 1 aromatic rings. The zero-order valence-corrected chi connectivity index (χ0v) is 16.4. The molecule has 2 aliphatic rings. The first-order valence-corrected chi connectivity index (χ1v) is 10.5. The van der Waals surface area contributed by atoms with Crippen LogP contribution in [0, 0.1) is 5.92 Å². The number of para-hydroxylation sites is 1. The van der Waals surface area contributed by atoms with Crippen molar-refractivity contribution in [3.8, 4) is 0 Å². The van der Waals surface area contributed by atoms with Crippen LogP contribution in [-0.4, -0.2) is 55.8 Å². The van der Waals surface area contributed by atoms with Crippen LogP contribution in [0.5, 0.6) is 0 Å². The fraction of sp³-hybridized carbons (Fsp3) is 0.650. The van der Waals surface area contributed by atoms with Gasteiger partial charge in [-0.1, -0.05) is 19.1 Å². The van der Waals surface area contributed by atoms with Crippen LogP contribution in [0.25, 0.3) is 0 Å². The Hall–Kier alpha value is -1.04. The smallest absolute Gasteiger partial charge is 0.241 e. The van der Waals surface area contributed by atoms with Crippen molar-refractivity contribution in [3.05, 3.63) is 24.3 Å². The Bertz CT molecular complexity index is 572. The van der Waals surface area contributed by atoms with E-state index in [2.05, 4.69) is 35.3 Å². The minimum absolute atomic E-state index is 0.260. The van der Waals surface area contributed by atoms with Crippen molar-refractivity contribution in [2.45, 2.75) is 42.8 Å². The Morgan fingerprint density at radius 3 is 2.72 bits per heavy atom. The lowest BCUT2D eigenvalue weighted by Gasteiger charge is -2.33. The molecule has 2 heterocycles. The maximum Gasteiger partial charge on any atom is 0.241 e. The minimum Gasteiger partial charge on any atom is -0.320 e. The van der Waals surface area contributed by atoms with Crippen molar-refractivity contribution in [2.24, 2.45) is 5.92 Å². The van der Waals surface area contributed by atoms with Gasteiger partial charge in [0.05, 0.1) is 12.2 Å². The van der Waals surface area contributed by atoms with Gasteiger partial charge in [0.1, 0.15) is 0 Å². The van der Waals surface area contributed by atoms with E-state index >= 15 is 0 Å². The minimum atomic E-state index is 0.260. The predicted octanol–water partition coefficient (Wildman–Crippen LogP) is 3.23. The number of hydrogen-bond donors (Lipinski definition) is 1. The van der Waals surface area contributed by atoms with E-state index in [1.807, 2.05) is 29.8 Å². The molecule has 0 saturated carbocycles. The number of anilines is 1. The van der Waals surface area contributed by atoms with Gasteiger partial charge in [-0.25, -0.2) is 0 Å². The van der Waals surface area contributed by atoms with Crippen LogP contribution in [-0.2, 0) is 4.79 Å². The summed E-state index contributed by atoms with van der Waals surface area (Å²) in [6.07, 6.45) is 4.75. The number of rotatable bonds is 5. The molecule has 25 heavy (non-hydrogen) atoms. The van der Waals surface area contributed by atoms with Crippen LogP contribution in [0.1, 0.15) is 32.6 Å². The summed E-state index contributed by atoms with van der Waals surface area (Å²) < 4.78 is 0. The second-order valence-corrected chi connectivity index (χ2v) is 8.82. The average molecular weight is 362 g/mol. The maximum atomic E-state index is 13.0. The summed E-state index contributed by atoms with van der Waals surface area (Å²) in [5.41, 5.74) is 1.10. The van der Waals surface area contributed by atoms with E-state index in [4.69, 9.17) is 0 Å². The molecule has 1 N–H and O–H groups in total. The van der Waals surface area contributed by atoms with Crippen LogP contribution < -0.4 is 10.2 Å². The van der Waals surface area contributed by atoms with Crippen molar-refractivity contribution in [1.29, 1.82) is 0 Å². The molecule has 1 amide bonds. The maximum absolute atomic E-state index is 13.0. The summed E-state index contributed by atoms with van der Waals surface area (Å²) in [7, 11) is 2.02. The van der Waals surface area contributed by atoms with Crippen molar-refractivity contribution >= 4 is 23.4 Å². The summed E-state index contributed by atoms with van der Waals surface area (Å²) >= 11 is 1.89. The highest BCUT2D eigenvalue weighted by Gasteiger charge is 2.27. The van der Waals surface area contributed by atoms with Crippen molar-refractivity contribution in [2.75, 3.05) is 44.7 Å². The second-order valence-electron chi connectivity index (χ2n) is 7.34. The Morgan fingerprint density at radius 2 is 1.96 bits per heavy atom. The molecule has 1 saturated heterocycles. The molecule has 4 nitrogen and oxygen atoms in total. The lowest BCUT2D eigenvalue weighted by atomic mass is 9.93. The first-order valence-electron chi connectivity index (χ1n) is 9.60. The summed E-state index contributed by atoms with van der Waals surface area (Å²) in [4.78, 5) is 18.6. The van der Waals surface area contributed by atoms with Crippen LogP contribution in [0.15, 0.2) is 29.2 Å². The summed E-state index contributed by atoms with van der Waals surface area (Å²) in [6, 6.07) is 8.36. The first-order chi connectivity index (χ1) is 12.2. The van der Waals surface area contributed by atoms with Gasteiger partial charge in [0.25, 0.3) is 0 Å². The van der Waals surface area contributed by atoms with E-state index in [9.17, 15) is 4.79 Å². The number of benzene rings is 1. The lowest BCUT2D eigenvalue weighted by molar-refractivity contribution is -0.120. The second kappa shape index (κ2) is 9.06. The number of nitrogens with one attached hydrogen (secondary N) is 1. The molecule has 0 spiro atoms. The third-order valence-corrected chi connectivity index (χ3v) is 6.65. The molecule has 1 fully saturated rings. The van der Waals surface area contributed by atoms with E-state index in [0.29, 0.717) is 11.8 Å². The van der Waals surface area contributed by atoms with Gasteiger partial charge in [-0.15, -0.1) is 11.8 Å². The van der Waals surface area contributed by atoms with E-state index in [-0.39, 0.29) is 5.91 Å². The van der Waals surface area contributed by atoms with Crippen LogP contribution in [0.4, 0.5) is 5.69 Å². The molecule has 1 aromatic carbocycles. The van der Waals surface area contributed by atoms with Crippen molar-refractivity contribution < 1.29 is 4.79 Å². The van der Waals surface area contributed by atoms with E-state index in [0.717, 1.165) is 44.2 Å². The van der Waals surface area contributed by atoms with E-state index in [1.165, 1.54) is 24.2 Å². The Balaban J connectivity index is 1.58. The molecule has 5 heteroatoms. The van der Waals surface area contributed by atoms with Crippen molar-refractivity contribution in [1.82, 2.24) is 10.2 Å². The SMILES string of the molecule is CNCCC1CCN(CC(=O)N2CCC(C)Sc3ccccc32)CC1. The Morgan fingerprint density at radius 1 is 1.20 bits per heavy atom. The third kappa shape index (κ3) is 4.99. The molecule has 3 rings (SSSR count). The summed E-state index contributed by atoms with van der Waals surface area (Å²) in [5.74, 6) is 1.07. The highest BCUT2D eigenvalue weighted by atomic mass is 32.2. The first kappa shape index (κ1) is 18.7. The zero-order chi connectivity index (χ0) is 17.6. The van der Waals surface area contributed by atoms with E-state index < -0.39 is 0 Å². The van der Waals surface area contributed by atoms with Crippen LogP contribution >= 0.6 is 11.8 Å². The predicted molar refractivity (Wildman–Crippen MR) is 106 cm³/mol. The normalized spacial score (nSPS) is 22.5. The number of carbonyl (C=O) groups excluding carboxylic acids is 1. The topological polar surface area (TPSA) is 35.6 Å². The number of likely N-dealkylation sites (tertiary alicyclic amines) is 1. The van der Waals surface area contributed by atoms with Gasteiger partial charge in [-0.2, -0.15) is 0 Å². The fourth-order valence-corrected chi connectivity index (χ4v) is 4.92. The lowest BCUT2D eigenvalue weighted by Crippen LogP contribution is -2.44. The molecule has 138 valence electrons. The van der Waals surface area contributed by atoms with Gasteiger partial charge in [0.2, 0.25) is 5.91 Å². The summed E-state index contributed by atoms with van der Waals surface area (Å²) in [6.45, 7) is 6.87. The molecule has 1 unspecified atom stereocenters. The Kier molecular flexibility index (Phi) is 6.79. The summed E-state index contributed by atoms with van der Waals surface area (Å²) in [5, 5.41) is 3.80. The number of amides is 1. The standard InChI is InChI=1S/C20H31N3OS/c1-16-8-14-23(18-5-3-4-6-19(18)25-16)20(24)15-22-12-9-17(10-13-22)7-11-21-2/h3-6,16-17,21H,7-15H2,1-2H3.